The number of nitrogens with zero attached hydrogens (tertiary/aromatic N) is 2. The maximum absolute atomic E-state index is 14.0. The summed E-state index contributed by atoms with van der Waals surface area (Å²) in [4.78, 5) is 17.2. The van der Waals surface area contributed by atoms with Crippen LogP contribution in [0.3, 0.4) is 0 Å². The van der Waals surface area contributed by atoms with Gasteiger partial charge in [-0.2, -0.15) is 0 Å². The van der Waals surface area contributed by atoms with Crippen LogP contribution >= 0.6 is 0 Å². The Labute approximate surface area is 151 Å². The number of amides is 1. The Bertz CT molecular complexity index is 908. The summed E-state index contributed by atoms with van der Waals surface area (Å²) in [6.45, 7) is 3.85. The van der Waals surface area contributed by atoms with Crippen LogP contribution in [-0.4, -0.2) is 41.9 Å². The van der Waals surface area contributed by atoms with Gasteiger partial charge in [0.25, 0.3) is 5.91 Å². The normalized spacial score (nSPS) is 16.0. The molecule has 2 heterocycles. The molecule has 1 amide bonds. The molecule has 1 aliphatic heterocycles. The predicted molar refractivity (Wildman–Crippen MR) is 98.4 cm³/mol. The minimum absolute atomic E-state index is 0.0268. The maximum atomic E-state index is 14.0. The van der Waals surface area contributed by atoms with Crippen LogP contribution in [0.15, 0.2) is 59.2 Å². The molecule has 0 radical (unpaired) electrons. The fourth-order valence-corrected chi connectivity index (χ4v) is 3.57. The lowest BCUT2D eigenvalue weighted by Gasteiger charge is -2.22. The van der Waals surface area contributed by atoms with E-state index in [1.807, 2.05) is 29.2 Å². The van der Waals surface area contributed by atoms with Gasteiger partial charge in [0.15, 0.2) is 0 Å². The molecule has 0 unspecified atom stereocenters. The summed E-state index contributed by atoms with van der Waals surface area (Å²) in [7, 11) is 0. The van der Waals surface area contributed by atoms with E-state index in [0.29, 0.717) is 29.4 Å². The lowest BCUT2D eigenvalue weighted by Crippen LogP contribution is -2.35. The highest BCUT2D eigenvalue weighted by atomic mass is 19.1. The Morgan fingerprint density at radius 3 is 2.62 bits per heavy atom. The summed E-state index contributed by atoms with van der Waals surface area (Å²) in [6, 6.07) is 14.0. The van der Waals surface area contributed by atoms with Gasteiger partial charge in [-0.05, 0) is 36.1 Å². The largest absolute Gasteiger partial charge is 0.468 e. The third-order valence-electron chi connectivity index (χ3n) is 4.94. The van der Waals surface area contributed by atoms with Crippen LogP contribution in [0.25, 0.3) is 10.8 Å². The Morgan fingerprint density at radius 1 is 0.962 bits per heavy atom. The van der Waals surface area contributed by atoms with Gasteiger partial charge >= 0.3 is 0 Å². The Balaban J connectivity index is 1.51. The van der Waals surface area contributed by atoms with Crippen molar-refractivity contribution >= 4 is 16.7 Å². The van der Waals surface area contributed by atoms with E-state index in [-0.39, 0.29) is 11.7 Å². The molecule has 1 saturated heterocycles. The minimum Gasteiger partial charge on any atom is -0.468 e. The van der Waals surface area contributed by atoms with Gasteiger partial charge in [0, 0.05) is 37.1 Å². The number of fused-ring (bicyclic) bond motifs is 1. The predicted octanol–water partition coefficient (Wildman–Crippen LogP) is 3.92. The Hall–Kier alpha value is -2.66. The van der Waals surface area contributed by atoms with Crippen molar-refractivity contribution in [3.05, 3.63) is 71.9 Å². The smallest absolute Gasteiger partial charge is 0.254 e. The summed E-state index contributed by atoms with van der Waals surface area (Å²) in [5.41, 5.74) is 0.571. The number of halogens is 1. The van der Waals surface area contributed by atoms with Crippen LogP contribution in [0.4, 0.5) is 4.39 Å². The first-order chi connectivity index (χ1) is 12.7. The standard InChI is InChI=1S/C21H21FN2O2/c22-20-9-8-19(17-6-1-2-7-18(17)20)21(25)24-11-4-10-23(12-13-24)15-16-5-3-14-26-16/h1-3,5-9,14H,4,10-13,15H2. The zero-order valence-corrected chi connectivity index (χ0v) is 14.5. The van der Waals surface area contributed by atoms with Crippen LogP contribution < -0.4 is 0 Å². The molecule has 4 nitrogen and oxygen atoms in total. The second-order valence-electron chi connectivity index (χ2n) is 6.64. The van der Waals surface area contributed by atoms with Crippen LogP contribution in [0.1, 0.15) is 22.5 Å². The third kappa shape index (κ3) is 3.35. The van der Waals surface area contributed by atoms with Crippen LogP contribution in [-0.2, 0) is 6.54 Å². The number of carbonyl (C=O) groups is 1. The van der Waals surface area contributed by atoms with Crippen LogP contribution in [0.5, 0.6) is 0 Å². The van der Waals surface area contributed by atoms with E-state index in [1.165, 1.54) is 6.07 Å². The molecule has 1 aliphatic rings. The van der Waals surface area contributed by atoms with Gasteiger partial charge in [-0.1, -0.05) is 24.3 Å². The molecule has 134 valence electrons. The highest BCUT2D eigenvalue weighted by Gasteiger charge is 2.22. The quantitative estimate of drug-likeness (QED) is 0.717. The zero-order chi connectivity index (χ0) is 17.9. The highest BCUT2D eigenvalue weighted by Crippen LogP contribution is 2.23. The molecule has 0 bridgehead atoms. The topological polar surface area (TPSA) is 36.7 Å². The molecule has 0 atom stereocenters. The maximum Gasteiger partial charge on any atom is 0.254 e. The van der Waals surface area contributed by atoms with E-state index in [1.54, 1.807) is 24.5 Å². The molecule has 0 spiro atoms. The first-order valence-corrected chi connectivity index (χ1v) is 8.93. The van der Waals surface area contributed by atoms with Gasteiger partial charge < -0.3 is 9.32 Å². The van der Waals surface area contributed by atoms with Crippen molar-refractivity contribution in [1.82, 2.24) is 9.80 Å². The summed E-state index contributed by atoms with van der Waals surface area (Å²) >= 11 is 0. The van der Waals surface area contributed by atoms with Gasteiger partial charge in [-0.3, -0.25) is 9.69 Å². The second-order valence-corrected chi connectivity index (χ2v) is 6.64. The van der Waals surface area contributed by atoms with E-state index >= 15 is 0 Å². The fourth-order valence-electron chi connectivity index (χ4n) is 3.57. The van der Waals surface area contributed by atoms with E-state index in [2.05, 4.69) is 4.90 Å². The molecule has 2 aromatic carbocycles. The average Bonchev–Trinajstić information content (AvgIpc) is 3.06. The molecular weight excluding hydrogens is 331 g/mol. The monoisotopic (exact) mass is 352 g/mol. The molecular formula is C21H21FN2O2. The first-order valence-electron chi connectivity index (χ1n) is 8.93. The summed E-state index contributed by atoms with van der Waals surface area (Å²) in [6.07, 6.45) is 2.59. The molecule has 26 heavy (non-hydrogen) atoms. The SMILES string of the molecule is O=C(c1ccc(F)c2ccccc12)N1CCCN(Cc2ccco2)CC1. The Kier molecular flexibility index (Phi) is 4.71. The van der Waals surface area contributed by atoms with Crippen molar-refractivity contribution in [1.29, 1.82) is 0 Å². The molecule has 1 aromatic heterocycles. The average molecular weight is 352 g/mol. The highest BCUT2D eigenvalue weighted by molar-refractivity contribution is 6.07. The number of carbonyl (C=O) groups excluding carboxylic acids is 1. The number of hydrogen-bond acceptors (Lipinski definition) is 3. The number of furan rings is 1. The summed E-state index contributed by atoms with van der Waals surface area (Å²) in [5, 5.41) is 1.17. The molecule has 5 heteroatoms. The van der Waals surface area contributed by atoms with Gasteiger partial charge in [0.1, 0.15) is 11.6 Å². The van der Waals surface area contributed by atoms with E-state index in [0.717, 1.165) is 31.8 Å². The second kappa shape index (κ2) is 7.30. The number of rotatable bonds is 3. The molecule has 4 rings (SSSR count). The van der Waals surface area contributed by atoms with Gasteiger partial charge in [0.05, 0.1) is 12.8 Å². The summed E-state index contributed by atoms with van der Waals surface area (Å²) in [5.74, 6) is 0.619. The zero-order valence-electron chi connectivity index (χ0n) is 14.5. The van der Waals surface area contributed by atoms with E-state index in [4.69, 9.17) is 4.42 Å². The van der Waals surface area contributed by atoms with Crippen molar-refractivity contribution in [3.8, 4) is 0 Å². The van der Waals surface area contributed by atoms with Crippen molar-refractivity contribution in [2.24, 2.45) is 0 Å². The van der Waals surface area contributed by atoms with Crippen molar-refractivity contribution in [2.75, 3.05) is 26.2 Å². The third-order valence-corrected chi connectivity index (χ3v) is 4.94. The molecule has 0 saturated carbocycles. The lowest BCUT2D eigenvalue weighted by molar-refractivity contribution is 0.0762. The van der Waals surface area contributed by atoms with Crippen molar-refractivity contribution in [2.45, 2.75) is 13.0 Å². The lowest BCUT2D eigenvalue weighted by atomic mass is 10.0. The van der Waals surface area contributed by atoms with Gasteiger partial charge in [0.2, 0.25) is 0 Å². The van der Waals surface area contributed by atoms with Crippen molar-refractivity contribution < 1.29 is 13.6 Å². The first kappa shape index (κ1) is 16.8. The van der Waals surface area contributed by atoms with Crippen LogP contribution in [0, 0.1) is 5.82 Å². The van der Waals surface area contributed by atoms with E-state index < -0.39 is 0 Å². The fraction of sp³-hybridized carbons (Fsp3) is 0.286. The van der Waals surface area contributed by atoms with Crippen molar-refractivity contribution in [3.63, 3.8) is 0 Å². The van der Waals surface area contributed by atoms with Crippen LogP contribution in [0.2, 0.25) is 0 Å². The van der Waals surface area contributed by atoms with Gasteiger partial charge in [-0.15, -0.1) is 0 Å². The number of hydrogen-bond donors (Lipinski definition) is 0. The molecule has 0 N–H and O–H groups in total. The molecule has 0 aliphatic carbocycles. The van der Waals surface area contributed by atoms with E-state index in [9.17, 15) is 9.18 Å². The molecule has 3 aromatic rings. The Morgan fingerprint density at radius 2 is 1.81 bits per heavy atom. The summed E-state index contributed by atoms with van der Waals surface area (Å²) < 4.78 is 19.5. The minimum atomic E-state index is -0.294. The van der Waals surface area contributed by atoms with Gasteiger partial charge in [-0.25, -0.2) is 4.39 Å². The molecule has 1 fully saturated rings. The number of benzene rings is 2.